The van der Waals surface area contributed by atoms with Gasteiger partial charge < -0.3 is 45.4 Å². The highest BCUT2D eigenvalue weighted by Crippen LogP contribution is 2.55. The van der Waals surface area contributed by atoms with Crippen LogP contribution in [0.4, 0.5) is 10.8 Å². The smallest absolute Gasteiger partial charge is 0.248 e. The van der Waals surface area contributed by atoms with Crippen molar-refractivity contribution >= 4 is 45.3 Å². The number of nitrogens with two attached hydrogens (primary N) is 1. The van der Waals surface area contributed by atoms with Gasteiger partial charge in [-0.2, -0.15) is 10.2 Å². The molecule has 1 saturated carbocycles. The van der Waals surface area contributed by atoms with E-state index in [0.29, 0.717) is 34.6 Å². The minimum absolute atomic E-state index is 0.0125. The van der Waals surface area contributed by atoms with Crippen LogP contribution in [0.5, 0.6) is 5.88 Å². The van der Waals surface area contributed by atoms with Crippen LogP contribution in [0, 0.1) is 29.1 Å². The van der Waals surface area contributed by atoms with Crippen molar-refractivity contribution in [1.29, 1.82) is 5.26 Å². The number of nitriles is 1. The molecular formula is C58H72N14O5S2. The number of aliphatic hydroxyl groups is 1. The average Bonchev–Trinajstić information content (AvgIpc) is 3.83. The standard InChI is InChI=1S/C58H72N14O5S2/c1-34(36-10-12-38(13-11-36)49-35(2)62-33-78-49)63-54(74)43-26-39(73)29-71(43)55(75)50(56(3,4)5)72-30-42(66-68-72)37-14-22-69(23-15-37)31-57(18-19-57)32-76-46-27-45(70-24-20-61-21-25-70)64-53(65-46)48-40-8-6-16-58(51(40)77-67-48)17-7-9-44-47(58)41(28-59)52(60)79-44/h10-13,27,30,33-34,37,39,43,50,61,73H,6-9,14-26,29,31-32,60H2,1-5H3,(H,63,74)/t34-,39+,43-,50+,58-/m0/s1. The number of aryl methyl sites for hydroxylation is 2. The van der Waals surface area contributed by atoms with Crippen LogP contribution < -0.4 is 26.0 Å². The molecule has 416 valence electrons. The Kier molecular flexibility index (Phi) is 14.4. The van der Waals surface area contributed by atoms with E-state index in [0.717, 1.165) is 160 Å². The van der Waals surface area contributed by atoms with Crippen molar-refractivity contribution in [2.75, 3.05) is 69.6 Å². The molecular weight excluding hydrogens is 1040 g/mol. The second kappa shape index (κ2) is 21.3. The number of carbonyl (C=O) groups excluding carboxylic acids is 2. The van der Waals surface area contributed by atoms with E-state index in [4.69, 9.17) is 30.1 Å². The van der Waals surface area contributed by atoms with Gasteiger partial charge in [0.25, 0.3) is 0 Å². The molecule has 3 saturated heterocycles. The number of thiazole rings is 1. The van der Waals surface area contributed by atoms with Crippen LogP contribution in [0.2, 0.25) is 0 Å². The van der Waals surface area contributed by atoms with Crippen molar-refractivity contribution in [3.63, 3.8) is 0 Å². The molecule has 3 aliphatic heterocycles. The van der Waals surface area contributed by atoms with Crippen molar-refractivity contribution in [1.82, 2.24) is 55.5 Å². The summed E-state index contributed by atoms with van der Waals surface area (Å²) in [6.07, 6.45) is 10.6. The van der Waals surface area contributed by atoms with Gasteiger partial charge >= 0.3 is 0 Å². The Morgan fingerprint density at radius 1 is 1.06 bits per heavy atom. The zero-order chi connectivity index (χ0) is 54.8. The SMILES string of the molecule is Cc1ncsc1-c1ccc([C@H](C)NC(=O)[C@@H]2C[C@@H](O)CN2C(=O)[C@@H](n2cc(C3CCN(CC4(COc5cc(N6CCNCC6)nc(-c6noc7c6CCC[C@@]76CCCc7sc(N)c(C#N)c76)n5)CC4)CC3)nn2)C(C)(C)C)cc1. The first-order valence-electron chi connectivity index (χ1n) is 28.3. The number of amides is 2. The number of aromatic nitrogens is 7. The van der Waals surface area contributed by atoms with Gasteiger partial charge in [0.15, 0.2) is 17.3 Å². The van der Waals surface area contributed by atoms with Gasteiger partial charge in [-0.3, -0.25) is 9.59 Å². The number of piperidine rings is 1. The molecule has 2 amide bonds. The third-order valence-corrected chi connectivity index (χ3v) is 19.8. The van der Waals surface area contributed by atoms with E-state index in [-0.39, 0.29) is 42.2 Å². The third-order valence-electron chi connectivity index (χ3n) is 17.7. The van der Waals surface area contributed by atoms with E-state index in [9.17, 15) is 20.0 Å². The normalized spacial score (nSPS) is 23.0. The van der Waals surface area contributed by atoms with Gasteiger partial charge in [-0.05, 0) is 113 Å². The zero-order valence-electron chi connectivity index (χ0n) is 46.0. The molecule has 3 aliphatic carbocycles. The van der Waals surface area contributed by atoms with Crippen LogP contribution in [-0.2, 0) is 27.8 Å². The van der Waals surface area contributed by atoms with Gasteiger partial charge in [-0.25, -0.2) is 14.6 Å². The van der Waals surface area contributed by atoms with E-state index in [1.807, 2.05) is 76.7 Å². The number of anilines is 2. The summed E-state index contributed by atoms with van der Waals surface area (Å²) in [4.78, 5) is 52.0. The van der Waals surface area contributed by atoms with Crippen LogP contribution in [0.1, 0.15) is 148 Å². The predicted molar refractivity (Wildman–Crippen MR) is 302 cm³/mol. The van der Waals surface area contributed by atoms with E-state index >= 15 is 0 Å². The number of nitrogen functional groups attached to an aromatic ring is 1. The van der Waals surface area contributed by atoms with E-state index in [1.165, 1.54) is 4.88 Å². The Balaban J connectivity index is 0.692. The first-order chi connectivity index (χ1) is 38.1. The number of β-amino-alcohol motifs (C(OH)–C–C–N with tert-alkyl or cyclic N) is 1. The highest BCUT2D eigenvalue weighted by Gasteiger charge is 2.50. The molecule has 0 bridgehead atoms. The molecule has 8 heterocycles. The molecule has 6 aromatic rings. The van der Waals surface area contributed by atoms with E-state index in [2.05, 4.69) is 41.8 Å². The fraction of sp³-hybridized carbons (Fsp3) is 0.569. The number of carbonyl (C=O) groups is 2. The fourth-order valence-corrected chi connectivity index (χ4v) is 15.3. The van der Waals surface area contributed by atoms with Gasteiger partial charge in [-0.15, -0.1) is 27.8 Å². The quantitative estimate of drug-likeness (QED) is 0.0825. The number of nitrogens with zero attached hydrogens (tertiary/aromatic N) is 11. The average molecular weight is 1110 g/mol. The lowest BCUT2D eigenvalue weighted by atomic mass is 9.63. The maximum absolute atomic E-state index is 14.7. The molecule has 0 unspecified atom stereocenters. The summed E-state index contributed by atoms with van der Waals surface area (Å²) < 4.78 is 14.8. The van der Waals surface area contributed by atoms with Crippen LogP contribution in [0.3, 0.4) is 0 Å². The second-order valence-corrected chi connectivity index (χ2v) is 26.2. The predicted octanol–water partition coefficient (Wildman–Crippen LogP) is 7.50. The van der Waals surface area contributed by atoms with Crippen molar-refractivity contribution in [2.24, 2.45) is 10.8 Å². The third kappa shape index (κ3) is 10.3. The molecule has 5 aromatic heterocycles. The monoisotopic (exact) mass is 1110 g/mol. The molecule has 6 aliphatic rings. The molecule has 1 aromatic carbocycles. The van der Waals surface area contributed by atoms with Crippen molar-refractivity contribution < 1.29 is 24.0 Å². The highest BCUT2D eigenvalue weighted by molar-refractivity contribution is 7.16. The van der Waals surface area contributed by atoms with Gasteiger partial charge in [0, 0.05) is 79.7 Å². The minimum Gasteiger partial charge on any atom is -0.477 e. The number of thiophene rings is 1. The number of piperazine rings is 1. The lowest BCUT2D eigenvalue weighted by Gasteiger charge is -2.39. The van der Waals surface area contributed by atoms with E-state index < -0.39 is 29.0 Å². The summed E-state index contributed by atoms with van der Waals surface area (Å²) in [5.74, 6) is 2.31. The molecule has 19 nitrogen and oxygen atoms in total. The Labute approximate surface area is 469 Å². The fourth-order valence-electron chi connectivity index (χ4n) is 13.3. The summed E-state index contributed by atoms with van der Waals surface area (Å²) >= 11 is 3.14. The van der Waals surface area contributed by atoms with Gasteiger partial charge in [0.1, 0.15) is 29.0 Å². The molecule has 4 fully saturated rings. The largest absolute Gasteiger partial charge is 0.477 e. The maximum Gasteiger partial charge on any atom is 0.248 e. The Bertz CT molecular complexity index is 3260. The van der Waals surface area contributed by atoms with Gasteiger partial charge in [0.05, 0.1) is 51.5 Å². The van der Waals surface area contributed by atoms with Crippen molar-refractivity contribution in [3.05, 3.63) is 86.3 Å². The Morgan fingerprint density at radius 2 is 1.82 bits per heavy atom. The molecule has 5 N–H and O–H groups in total. The van der Waals surface area contributed by atoms with Crippen LogP contribution in [0.25, 0.3) is 22.0 Å². The molecule has 5 atom stereocenters. The highest BCUT2D eigenvalue weighted by atomic mass is 32.1. The van der Waals surface area contributed by atoms with Crippen LogP contribution >= 0.6 is 22.7 Å². The first-order valence-corrected chi connectivity index (χ1v) is 30.0. The number of hydrogen-bond acceptors (Lipinski definition) is 18. The molecule has 12 rings (SSSR count). The summed E-state index contributed by atoms with van der Waals surface area (Å²) in [7, 11) is 0. The number of rotatable bonds is 14. The van der Waals surface area contributed by atoms with Crippen molar-refractivity contribution in [2.45, 2.75) is 141 Å². The first kappa shape index (κ1) is 53.3. The lowest BCUT2D eigenvalue weighted by molar-refractivity contribution is -0.144. The topological polar surface area (TPSA) is 243 Å². The Morgan fingerprint density at radius 3 is 2.53 bits per heavy atom. The number of fused-ring (bicyclic) bond motifs is 4. The summed E-state index contributed by atoms with van der Waals surface area (Å²) in [5.41, 5.74) is 14.5. The number of ether oxygens (including phenoxy) is 1. The van der Waals surface area contributed by atoms with Gasteiger partial charge in [0.2, 0.25) is 17.7 Å². The zero-order valence-corrected chi connectivity index (χ0v) is 47.6. The lowest BCUT2D eigenvalue weighted by Crippen LogP contribution is -2.50. The van der Waals surface area contributed by atoms with Crippen LogP contribution in [0.15, 0.2) is 46.6 Å². The number of hydrogen-bond donors (Lipinski definition) is 4. The van der Waals surface area contributed by atoms with Crippen molar-refractivity contribution in [3.8, 4) is 33.9 Å². The molecule has 21 heteroatoms. The summed E-state index contributed by atoms with van der Waals surface area (Å²) in [6.45, 7) is 16.6. The maximum atomic E-state index is 14.7. The molecule has 0 radical (unpaired) electrons. The number of aliphatic hydroxyl groups excluding tert-OH is 1. The number of nitrogens with one attached hydrogen (secondary N) is 2. The number of likely N-dealkylation sites (tertiary alicyclic amines) is 2. The van der Waals surface area contributed by atoms with Crippen LogP contribution in [-0.4, -0.2) is 133 Å². The summed E-state index contributed by atoms with van der Waals surface area (Å²) in [5, 5.41) is 42.4. The Hall–Kier alpha value is -6.31. The number of benzene rings is 1. The van der Waals surface area contributed by atoms with E-state index in [1.54, 1.807) is 32.3 Å². The molecule has 79 heavy (non-hydrogen) atoms. The molecule has 1 spiro atoms. The second-order valence-electron chi connectivity index (χ2n) is 24.3. The minimum atomic E-state index is -0.827. The summed E-state index contributed by atoms with van der Waals surface area (Å²) in [6, 6.07) is 10.6. The van der Waals surface area contributed by atoms with Gasteiger partial charge in [-0.1, -0.05) is 55.4 Å².